The van der Waals surface area contributed by atoms with E-state index in [2.05, 4.69) is 5.32 Å². The van der Waals surface area contributed by atoms with Gasteiger partial charge in [-0.05, 0) is 37.1 Å². The molecule has 0 aliphatic carbocycles. The van der Waals surface area contributed by atoms with E-state index in [9.17, 15) is 9.59 Å². The second kappa shape index (κ2) is 7.65. The van der Waals surface area contributed by atoms with Crippen LogP contribution in [0.5, 0.6) is 0 Å². The van der Waals surface area contributed by atoms with Crippen molar-refractivity contribution in [1.29, 1.82) is 0 Å². The number of hydrogen-bond acceptors (Lipinski definition) is 2. The molecule has 0 saturated carbocycles. The number of nitrogens with zero attached hydrogens (tertiary/aromatic N) is 1. The Kier molecular flexibility index (Phi) is 5.52. The monoisotopic (exact) mass is 396 g/mol. The SMILES string of the molecule is O=C(Nc1cc(Cl)c(Cl)cc1Cl)[C@H]1CCCN1C(=O)c1ccccc1. The first-order valence-corrected chi connectivity index (χ1v) is 8.92. The number of hydrogen-bond donors (Lipinski definition) is 1. The normalized spacial score (nSPS) is 16.8. The van der Waals surface area contributed by atoms with Gasteiger partial charge >= 0.3 is 0 Å². The number of likely N-dealkylation sites (tertiary alicyclic amines) is 1. The molecule has 1 heterocycles. The maximum Gasteiger partial charge on any atom is 0.254 e. The van der Waals surface area contributed by atoms with E-state index in [-0.39, 0.29) is 11.8 Å². The van der Waals surface area contributed by atoms with Crippen molar-refractivity contribution < 1.29 is 9.59 Å². The summed E-state index contributed by atoms with van der Waals surface area (Å²) in [7, 11) is 0. The first-order valence-electron chi connectivity index (χ1n) is 7.79. The third kappa shape index (κ3) is 3.92. The van der Waals surface area contributed by atoms with Crippen molar-refractivity contribution in [3.63, 3.8) is 0 Å². The van der Waals surface area contributed by atoms with Crippen LogP contribution in [0.15, 0.2) is 42.5 Å². The quantitative estimate of drug-likeness (QED) is 0.750. The van der Waals surface area contributed by atoms with E-state index in [0.717, 1.165) is 6.42 Å². The first-order chi connectivity index (χ1) is 12.0. The third-order valence-electron chi connectivity index (χ3n) is 4.10. The lowest BCUT2D eigenvalue weighted by molar-refractivity contribution is -0.119. The van der Waals surface area contributed by atoms with Gasteiger partial charge in [0, 0.05) is 12.1 Å². The molecule has 1 aliphatic heterocycles. The minimum Gasteiger partial charge on any atom is -0.327 e. The molecule has 2 aromatic rings. The molecule has 0 radical (unpaired) electrons. The van der Waals surface area contributed by atoms with Crippen LogP contribution in [0, 0.1) is 0 Å². The highest BCUT2D eigenvalue weighted by molar-refractivity contribution is 6.44. The van der Waals surface area contributed by atoms with Crippen molar-refractivity contribution in [2.75, 3.05) is 11.9 Å². The van der Waals surface area contributed by atoms with Crippen LogP contribution in [-0.2, 0) is 4.79 Å². The van der Waals surface area contributed by atoms with Gasteiger partial charge in [0.2, 0.25) is 5.91 Å². The van der Waals surface area contributed by atoms with Gasteiger partial charge in [-0.1, -0.05) is 53.0 Å². The van der Waals surface area contributed by atoms with Gasteiger partial charge in [0.15, 0.2) is 0 Å². The molecule has 1 aliphatic rings. The van der Waals surface area contributed by atoms with E-state index < -0.39 is 6.04 Å². The highest BCUT2D eigenvalue weighted by atomic mass is 35.5. The zero-order valence-electron chi connectivity index (χ0n) is 13.1. The summed E-state index contributed by atoms with van der Waals surface area (Å²) in [5.74, 6) is -0.444. The Morgan fingerprint density at radius 3 is 2.40 bits per heavy atom. The average molecular weight is 398 g/mol. The predicted octanol–water partition coefficient (Wildman–Crippen LogP) is 4.89. The summed E-state index contributed by atoms with van der Waals surface area (Å²) in [6.07, 6.45) is 1.37. The lowest BCUT2D eigenvalue weighted by Gasteiger charge is -2.24. The summed E-state index contributed by atoms with van der Waals surface area (Å²) in [6.45, 7) is 0.543. The predicted molar refractivity (Wildman–Crippen MR) is 101 cm³/mol. The topological polar surface area (TPSA) is 49.4 Å². The summed E-state index contributed by atoms with van der Waals surface area (Å²) in [5, 5.41) is 3.65. The Labute approximate surface area is 160 Å². The molecule has 130 valence electrons. The molecule has 1 N–H and O–H groups in total. The van der Waals surface area contributed by atoms with Crippen LogP contribution >= 0.6 is 34.8 Å². The molecule has 1 fully saturated rings. The Hall–Kier alpha value is -1.75. The number of carbonyl (C=O) groups excluding carboxylic acids is 2. The Morgan fingerprint density at radius 2 is 1.68 bits per heavy atom. The van der Waals surface area contributed by atoms with Gasteiger partial charge in [0.05, 0.1) is 20.8 Å². The van der Waals surface area contributed by atoms with Crippen LogP contribution in [-0.4, -0.2) is 29.3 Å². The van der Waals surface area contributed by atoms with Gasteiger partial charge in [0.1, 0.15) is 6.04 Å². The molecule has 0 bridgehead atoms. The number of halogens is 3. The minimum atomic E-state index is -0.543. The van der Waals surface area contributed by atoms with Gasteiger partial charge in [-0.2, -0.15) is 0 Å². The number of nitrogens with one attached hydrogen (secondary N) is 1. The van der Waals surface area contributed by atoms with E-state index in [1.165, 1.54) is 12.1 Å². The summed E-state index contributed by atoms with van der Waals surface area (Å²) in [6, 6.07) is 11.4. The first kappa shape index (κ1) is 18.1. The van der Waals surface area contributed by atoms with Crippen molar-refractivity contribution in [2.24, 2.45) is 0 Å². The maximum atomic E-state index is 12.7. The van der Waals surface area contributed by atoms with Crippen molar-refractivity contribution in [2.45, 2.75) is 18.9 Å². The molecule has 1 saturated heterocycles. The molecular weight excluding hydrogens is 383 g/mol. The smallest absolute Gasteiger partial charge is 0.254 e. The van der Waals surface area contributed by atoms with Gasteiger partial charge < -0.3 is 10.2 Å². The fourth-order valence-corrected chi connectivity index (χ4v) is 3.46. The number of anilines is 1. The fraction of sp³-hybridized carbons (Fsp3) is 0.222. The van der Waals surface area contributed by atoms with Crippen LogP contribution in [0.1, 0.15) is 23.2 Å². The van der Waals surface area contributed by atoms with E-state index in [0.29, 0.717) is 39.3 Å². The number of benzene rings is 2. The number of carbonyl (C=O) groups is 2. The summed E-state index contributed by atoms with van der Waals surface area (Å²) in [4.78, 5) is 26.9. The second-order valence-electron chi connectivity index (χ2n) is 5.76. The maximum absolute atomic E-state index is 12.7. The van der Waals surface area contributed by atoms with Gasteiger partial charge in [0.25, 0.3) is 5.91 Å². The third-order valence-corrected chi connectivity index (χ3v) is 5.14. The van der Waals surface area contributed by atoms with Gasteiger partial charge in [-0.3, -0.25) is 9.59 Å². The van der Waals surface area contributed by atoms with Crippen LogP contribution in [0.3, 0.4) is 0 Å². The van der Waals surface area contributed by atoms with Crippen LogP contribution in [0.2, 0.25) is 15.1 Å². The molecule has 2 aromatic carbocycles. The zero-order valence-corrected chi connectivity index (χ0v) is 15.4. The van der Waals surface area contributed by atoms with E-state index in [4.69, 9.17) is 34.8 Å². The largest absolute Gasteiger partial charge is 0.327 e. The van der Waals surface area contributed by atoms with Crippen molar-refractivity contribution >= 4 is 52.3 Å². The fourth-order valence-electron chi connectivity index (χ4n) is 2.86. The molecule has 1 atom stereocenters. The van der Waals surface area contributed by atoms with E-state index >= 15 is 0 Å². The summed E-state index contributed by atoms with van der Waals surface area (Å²) in [5.41, 5.74) is 0.940. The molecule has 25 heavy (non-hydrogen) atoms. The molecule has 0 aromatic heterocycles. The molecule has 7 heteroatoms. The van der Waals surface area contributed by atoms with Gasteiger partial charge in [-0.25, -0.2) is 0 Å². The number of rotatable bonds is 3. The molecular formula is C18H15Cl3N2O2. The Bertz CT molecular complexity index is 811. The lowest BCUT2D eigenvalue weighted by Crippen LogP contribution is -2.43. The Morgan fingerprint density at radius 1 is 1.00 bits per heavy atom. The molecule has 3 rings (SSSR count). The molecule has 4 nitrogen and oxygen atoms in total. The van der Waals surface area contributed by atoms with Crippen LogP contribution < -0.4 is 5.32 Å². The molecule has 0 unspecified atom stereocenters. The van der Waals surface area contributed by atoms with Crippen molar-refractivity contribution in [3.05, 3.63) is 63.1 Å². The Balaban J connectivity index is 1.77. The van der Waals surface area contributed by atoms with Crippen LogP contribution in [0.25, 0.3) is 0 Å². The highest BCUT2D eigenvalue weighted by Gasteiger charge is 2.34. The zero-order chi connectivity index (χ0) is 18.0. The summed E-state index contributed by atoms with van der Waals surface area (Å²) >= 11 is 18.0. The van der Waals surface area contributed by atoms with Crippen molar-refractivity contribution in [3.8, 4) is 0 Å². The second-order valence-corrected chi connectivity index (χ2v) is 6.98. The number of amides is 2. The van der Waals surface area contributed by atoms with Crippen LogP contribution in [0.4, 0.5) is 5.69 Å². The molecule has 0 spiro atoms. The average Bonchev–Trinajstić information content (AvgIpc) is 3.09. The van der Waals surface area contributed by atoms with Gasteiger partial charge in [-0.15, -0.1) is 0 Å². The van der Waals surface area contributed by atoms with E-state index in [1.807, 2.05) is 6.07 Å². The molecule has 2 amide bonds. The highest BCUT2D eigenvalue weighted by Crippen LogP contribution is 2.33. The summed E-state index contributed by atoms with van der Waals surface area (Å²) < 4.78 is 0. The lowest BCUT2D eigenvalue weighted by atomic mass is 10.1. The van der Waals surface area contributed by atoms with E-state index in [1.54, 1.807) is 29.2 Å². The van der Waals surface area contributed by atoms with Crippen molar-refractivity contribution in [1.82, 2.24) is 4.90 Å². The minimum absolute atomic E-state index is 0.154. The standard InChI is InChI=1S/C18H15Cl3N2O2/c19-12-9-14(21)15(10-13(12)20)22-17(24)16-7-4-8-23(16)18(25)11-5-2-1-3-6-11/h1-3,5-6,9-10,16H,4,7-8H2,(H,22,24)/t16-/m1/s1.